The molecule has 1 aromatic heterocycles. The predicted molar refractivity (Wildman–Crippen MR) is 107 cm³/mol. The first kappa shape index (κ1) is 18.5. The van der Waals surface area contributed by atoms with Crippen LogP contribution in [-0.4, -0.2) is 25.1 Å². The van der Waals surface area contributed by atoms with E-state index in [4.69, 9.17) is 9.15 Å². The van der Waals surface area contributed by atoms with E-state index in [0.717, 1.165) is 22.6 Å². The molecule has 0 bridgehead atoms. The molecule has 27 heavy (non-hydrogen) atoms. The van der Waals surface area contributed by atoms with Crippen LogP contribution in [0.15, 0.2) is 64.2 Å². The normalized spacial score (nSPS) is 11.3. The third kappa shape index (κ3) is 4.88. The van der Waals surface area contributed by atoms with Gasteiger partial charge in [0.05, 0.1) is 19.3 Å². The second-order valence-corrected chi connectivity index (χ2v) is 6.10. The zero-order valence-electron chi connectivity index (χ0n) is 15.8. The average molecular weight is 364 g/mol. The second-order valence-electron chi connectivity index (χ2n) is 6.10. The number of methoxy groups -OCH3 is 1. The van der Waals surface area contributed by atoms with E-state index in [9.17, 15) is 0 Å². The Balaban J connectivity index is 1.56. The monoisotopic (exact) mass is 364 g/mol. The summed E-state index contributed by atoms with van der Waals surface area (Å²) in [5.41, 5.74) is 4.04. The van der Waals surface area contributed by atoms with Gasteiger partial charge in [0.2, 0.25) is 5.89 Å². The summed E-state index contributed by atoms with van der Waals surface area (Å²) < 4.78 is 11.0. The summed E-state index contributed by atoms with van der Waals surface area (Å²) in [5.74, 6) is 2.14. The van der Waals surface area contributed by atoms with Crippen molar-refractivity contribution in [3.63, 3.8) is 0 Å². The highest BCUT2D eigenvalue weighted by atomic mass is 16.5. The second kappa shape index (κ2) is 8.89. The lowest BCUT2D eigenvalue weighted by atomic mass is 10.1. The summed E-state index contributed by atoms with van der Waals surface area (Å²) in [4.78, 5) is 8.77. The van der Waals surface area contributed by atoms with E-state index >= 15 is 0 Å². The topological polar surface area (TPSA) is 71.7 Å². The smallest absolute Gasteiger partial charge is 0.226 e. The SMILES string of the molecule is CN=C(NCc1coc(-c2ccc(C)cc2)n1)NCc1ccccc1OC. The Kier molecular flexibility index (Phi) is 6.10. The van der Waals surface area contributed by atoms with E-state index in [0.29, 0.717) is 24.9 Å². The number of nitrogens with zero attached hydrogens (tertiary/aromatic N) is 2. The fraction of sp³-hybridized carbons (Fsp3) is 0.238. The van der Waals surface area contributed by atoms with Gasteiger partial charge in [-0.25, -0.2) is 4.98 Å². The van der Waals surface area contributed by atoms with E-state index in [1.807, 2.05) is 48.5 Å². The summed E-state index contributed by atoms with van der Waals surface area (Å²) in [5, 5.41) is 6.52. The molecule has 0 unspecified atom stereocenters. The van der Waals surface area contributed by atoms with Gasteiger partial charge in [0.1, 0.15) is 12.0 Å². The van der Waals surface area contributed by atoms with Crippen molar-refractivity contribution in [1.29, 1.82) is 0 Å². The van der Waals surface area contributed by atoms with Crippen molar-refractivity contribution in [3.8, 4) is 17.2 Å². The van der Waals surface area contributed by atoms with Crippen molar-refractivity contribution in [3.05, 3.63) is 71.6 Å². The molecule has 2 aromatic carbocycles. The molecule has 0 aliphatic heterocycles. The molecule has 6 heteroatoms. The number of aryl methyl sites for hydroxylation is 1. The van der Waals surface area contributed by atoms with Gasteiger partial charge in [-0.3, -0.25) is 4.99 Å². The number of hydrogen-bond acceptors (Lipinski definition) is 4. The number of nitrogens with one attached hydrogen (secondary N) is 2. The standard InChI is InChI=1S/C21H24N4O2/c1-15-8-10-16(11-9-15)20-25-18(14-27-20)13-24-21(22-2)23-12-17-6-4-5-7-19(17)26-3/h4-11,14H,12-13H2,1-3H3,(H2,22,23,24). The van der Waals surface area contributed by atoms with Gasteiger partial charge in [-0.2, -0.15) is 0 Å². The first-order valence-corrected chi connectivity index (χ1v) is 8.77. The van der Waals surface area contributed by atoms with Crippen LogP contribution in [0.25, 0.3) is 11.5 Å². The van der Waals surface area contributed by atoms with Gasteiger partial charge in [0, 0.05) is 24.7 Å². The number of para-hydroxylation sites is 1. The first-order valence-electron chi connectivity index (χ1n) is 8.77. The molecule has 0 saturated heterocycles. The summed E-state index contributed by atoms with van der Waals surface area (Å²) in [6.45, 7) is 3.18. The van der Waals surface area contributed by atoms with E-state index in [1.165, 1.54) is 5.56 Å². The molecule has 2 N–H and O–H groups in total. The van der Waals surface area contributed by atoms with Gasteiger partial charge in [-0.1, -0.05) is 35.9 Å². The van der Waals surface area contributed by atoms with Crippen LogP contribution in [-0.2, 0) is 13.1 Å². The minimum absolute atomic E-state index is 0.515. The van der Waals surface area contributed by atoms with Crippen molar-refractivity contribution in [2.24, 2.45) is 4.99 Å². The number of hydrogen-bond donors (Lipinski definition) is 2. The zero-order chi connectivity index (χ0) is 19.1. The van der Waals surface area contributed by atoms with Crippen LogP contribution in [0.1, 0.15) is 16.8 Å². The minimum atomic E-state index is 0.515. The molecule has 0 amide bonds. The predicted octanol–water partition coefficient (Wildman–Crippen LogP) is 3.52. The summed E-state index contributed by atoms with van der Waals surface area (Å²) in [7, 11) is 3.40. The first-order chi connectivity index (χ1) is 13.2. The van der Waals surface area contributed by atoms with Gasteiger partial charge in [-0.15, -0.1) is 0 Å². The molecule has 0 saturated carbocycles. The molecule has 0 atom stereocenters. The number of aromatic nitrogens is 1. The number of aliphatic imine (C=N–C) groups is 1. The van der Waals surface area contributed by atoms with Gasteiger partial charge >= 0.3 is 0 Å². The molecule has 0 radical (unpaired) electrons. The van der Waals surface area contributed by atoms with E-state index in [1.54, 1.807) is 20.4 Å². The zero-order valence-corrected chi connectivity index (χ0v) is 15.8. The van der Waals surface area contributed by atoms with E-state index in [-0.39, 0.29) is 0 Å². The number of oxazole rings is 1. The third-order valence-electron chi connectivity index (χ3n) is 4.15. The number of ether oxygens (including phenoxy) is 1. The maximum Gasteiger partial charge on any atom is 0.226 e. The van der Waals surface area contributed by atoms with Crippen LogP contribution in [0, 0.1) is 6.92 Å². The maximum atomic E-state index is 5.59. The number of benzene rings is 2. The molecular weight excluding hydrogens is 340 g/mol. The quantitative estimate of drug-likeness (QED) is 0.517. The molecule has 0 fully saturated rings. The molecule has 3 aromatic rings. The van der Waals surface area contributed by atoms with Gasteiger partial charge in [0.15, 0.2) is 5.96 Å². The lowest BCUT2D eigenvalue weighted by Gasteiger charge is -2.13. The molecule has 0 spiro atoms. The number of guanidine groups is 1. The molecular formula is C21H24N4O2. The molecule has 0 aliphatic carbocycles. The van der Waals surface area contributed by atoms with Crippen LogP contribution >= 0.6 is 0 Å². The lowest BCUT2D eigenvalue weighted by Crippen LogP contribution is -2.36. The fourth-order valence-electron chi connectivity index (χ4n) is 2.64. The Morgan fingerprint density at radius 2 is 1.81 bits per heavy atom. The van der Waals surface area contributed by atoms with Crippen molar-refractivity contribution in [2.75, 3.05) is 14.2 Å². The Labute approximate surface area is 159 Å². The summed E-state index contributed by atoms with van der Waals surface area (Å²) in [6, 6.07) is 16.0. The highest BCUT2D eigenvalue weighted by molar-refractivity contribution is 5.79. The molecule has 3 rings (SSSR count). The van der Waals surface area contributed by atoms with E-state index in [2.05, 4.69) is 27.5 Å². The summed E-state index contributed by atoms with van der Waals surface area (Å²) in [6.07, 6.45) is 1.66. The summed E-state index contributed by atoms with van der Waals surface area (Å²) >= 11 is 0. The van der Waals surface area contributed by atoms with Crippen LogP contribution in [0.4, 0.5) is 0 Å². The van der Waals surface area contributed by atoms with Crippen molar-refractivity contribution >= 4 is 5.96 Å². The van der Waals surface area contributed by atoms with Gasteiger partial charge in [0.25, 0.3) is 0 Å². The maximum absolute atomic E-state index is 5.59. The Hall–Kier alpha value is -3.28. The highest BCUT2D eigenvalue weighted by Crippen LogP contribution is 2.19. The van der Waals surface area contributed by atoms with Crippen LogP contribution in [0.2, 0.25) is 0 Å². The average Bonchev–Trinajstić information content (AvgIpc) is 3.18. The minimum Gasteiger partial charge on any atom is -0.496 e. The third-order valence-corrected chi connectivity index (χ3v) is 4.15. The van der Waals surface area contributed by atoms with Crippen molar-refractivity contribution < 1.29 is 9.15 Å². The largest absolute Gasteiger partial charge is 0.496 e. The molecule has 6 nitrogen and oxygen atoms in total. The van der Waals surface area contributed by atoms with Crippen molar-refractivity contribution in [1.82, 2.24) is 15.6 Å². The Morgan fingerprint density at radius 1 is 1.07 bits per heavy atom. The van der Waals surface area contributed by atoms with Crippen LogP contribution < -0.4 is 15.4 Å². The lowest BCUT2D eigenvalue weighted by molar-refractivity contribution is 0.409. The highest BCUT2D eigenvalue weighted by Gasteiger charge is 2.08. The van der Waals surface area contributed by atoms with Crippen molar-refractivity contribution in [2.45, 2.75) is 20.0 Å². The Bertz CT molecular complexity index is 901. The van der Waals surface area contributed by atoms with E-state index < -0.39 is 0 Å². The Morgan fingerprint density at radius 3 is 2.56 bits per heavy atom. The van der Waals surface area contributed by atoms with Gasteiger partial charge < -0.3 is 19.8 Å². The van der Waals surface area contributed by atoms with Crippen LogP contribution in [0.3, 0.4) is 0 Å². The van der Waals surface area contributed by atoms with Crippen LogP contribution in [0.5, 0.6) is 5.75 Å². The fourth-order valence-corrected chi connectivity index (χ4v) is 2.64. The molecule has 140 valence electrons. The number of rotatable bonds is 6. The molecule has 1 heterocycles. The van der Waals surface area contributed by atoms with Gasteiger partial charge in [-0.05, 0) is 25.1 Å². The molecule has 0 aliphatic rings.